The van der Waals surface area contributed by atoms with Crippen molar-refractivity contribution in [1.82, 2.24) is 0 Å². The van der Waals surface area contributed by atoms with Gasteiger partial charge in [0.25, 0.3) is 0 Å². The molecular formula is C17H19BrFNO2. The number of para-hydroxylation sites is 1. The van der Waals surface area contributed by atoms with Gasteiger partial charge in [0, 0.05) is 5.41 Å². The highest BCUT2D eigenvalue weighted by Crippen LogP contribution is 2.72. The van der Waals surface area contributed by atoms with Crippen LogP contribution in [0.1, 0.15) is 33.6 Å². The van der Waals surface area contributed by atoms with Crippen LogP contribution in [0.5, 0.6) is 0 Å². The van der Waals surface area contributed by atoms with Crippen molar-refractivity contribution in [3.05, 3.63) is 30.1 Å². The maximum atomic E-state index is 13.8. The zero-order valence-corrected chi connectivity index (χ0v) is 14.5. The fourth-order valence-corrected chi connectivity index (χ4v) is 5.77. The van der Waals surface area contributed by atoms with E-state index in [1.54, 1.807) is 12.1 Å². The summed E-state index contributed by atoms with van der Waals surface area (Å²) in [5, 5.41) is 2.70. The number of ketones is 1. The van der Waals surface area contributed by atoms with Crippen LogP contribution in [0.2, 0.25) is 0 Å². The van der Waals surface area contributed by atoms with Gasteiger partial charge in [-0.3, -0.25) is 9.59 Å². The van der Waals surface area contributed by atoms with Gasteiger partial charge in [-0.25, -0.2) is 4.39 Å². The summed E-state index contributed by atoms with van der Waals surface area (Å²) < 4.78 is 13.8. The molecule has 3 atom stereocenters. The van der Waals surface area contributed by atoms with E-state index >= 15 is 0 Å². The first kappa shape index (κ1) is 15.7. The van der Waals surface area contributed by atoms with Crippen molar-refractivity contribution in [2.45, 2.75) is 38.4 Å². The molecule has 1 aromatic carbocycles. The number of carbonyl (C=O) groups excluding carboxylic acids is 2. The van der Waals surface area contributed by atoms with E-state index in [2.05, 4.69) is 21.2 Å². The van der Waals surface area contributed by atoms with E-state index in [1.165, 1.54) is 12.1 Å². The number of nitrogens with one attached hydrogen (secondary N) is 1. The molecule has 3 rings (SSSR count). The van der Waals surface area contributed by atoms with Crippen LogP contribution in [0.3, 0.4) is 0 Å². The van der Waals surface area contributed by atoms with Crippen LogP contribution < -0.4 is 5.32 Å². The Morgan fingerprint density at radius 2 is 1.91 bits per heavy atom. The third-order valence-corrected chi connectivity index (χ3v) is 7.45. The number of amides is 1. The number of hydrogen-bond acceptors (Lipinski definition) is 2. The highest BCUT2D eigenvalue weighted by molar-refractivity contribution is 9.10. The normalized spacial score (nSPS) is 35.7. The van der Waals surface area contributed by atoms with Crippen molar-refractivity contribution in [1.29, 1.82) is 0 Å². The van der Waals surface area contributed by atoms with Gasteiger partial charge in [-0.15, -0.1) is 0 Å². The topological polar surface area (TPSA) is 46.2 Å². The second-order valence-corrected chi connectivity index (χ2v) is 8.00. The molecule has 0 spiro atoms. The maximum Gasteiger partial charge on any atom is 0.232 e. The maximum absolute atomic E-state index is 13.8. The summed E-state index contributed by atoms with van der Waals surface area (Å²) >= 11 is 3.46. The molecule has 1 aromatic rings. The molecule has 0 radical (unpaired) electrons. The molecule has 0 unspecified atom stereocenters. The highest BCUT2D eigenvalue weighted by atomic mass is 79.9. The van der Waals surface area contributed by atoms with Gasteiger partial charge in [-0.2, -0.15) is 0 Å². The molecule has 2 fully saturated rings. The van der Waals surface area contributed by atoms with Gasteiger partial charge < -0.3 is 5.32 Å². The lowest BCUT2D eigenvalue weighted by Gasteiger charge is -2.39. The Labute approximate surface area is 137 Å². The lowest BCUT2D eigenvalue weighted by atomic mass is 9.64. The lowest BCUT2D eigenvalue weighted by molar-refractivity contribution is -0.130. The average Bonchev–Trinajstić information content (AvgIpc) is 2.74. The third-order valence-electron chi connectivity index (χ3n) is 6.25. The smallest absolute Gasteiger partial charge is 0.232 e. The van der Waals surface area contributed by atoms with Crippen molar-refractivity contribution < 1.29 is 14.0 Å². The van der Waals surface area contributed by atoms with Crippen molar-refractivity contribution in [3.63, 3.8) is 0 Å². The van der Waals surface area contributed by atoms with E-state index in [0.717, 1.165) is 0 Å². The molecule has 5 heteroatoms. The minimum Gasteiger partial charge on any atom is -0.323 e. The quantitative estimate of drug-likeness (QED) is 0.805. The zero-order chi connectivity index (χ0) is 16.3. The van der Waals surface area contributed by atoms with Gasteiger partial charge >= 0.3 is 0 Å². The van der Waals surface area contributed by atoms with Crippen LogP contribution in [0.25, 0.3) is 0 Å². The van der Waals surface area contributed by atoms with Crippen LogP contribution in [0.4, 0.5) is 10.1 Å². The molecule has 0 heterocycles. The Kier molecular flexibility index (Phi) is 3.30. The summed E-state index contributed by atoms with van der Waals surface area (Å²) in [5.74, 6) is -0.673. The molecule has 2 bridgehead atoms. The number of carbonyl (C=O) groups is 2. The van der Waals surface area contributed by atoms with Crippen molar-refractivity contribution >= 4 is 33.3 Å². The third kappa shape index (κ3) is 1.60. The molecule has 0 saturated heterocycles. The number of hydrogen-bond donors (Lipinski definition) is 1. The Bertz CT molecular complexity index is 674. The molecule has 2 aliphatic rings. The largest absolute Gasteiger partial charge is 0.323 e. The van der Waals surface area contributed by atoms with Gasteiger partial charge in [0.1, 0.15) is 5.82 Å². The number of rotatable bonds is 2. The van der Waals surface area contributed by atoms with Crippen molar-refractivity contribution in [3.8, 4) is 0 Å². The molecule has 118 valence electrons. The molecule has 3 nitrogen and oxygen atoms in total. The van der Waals surface area contributed by atoms with Crippen LogP contribution in [0, 0.1) is 22.1 Å². The highest BCUT2D eigenvalue weighted by Gasteiger charge is 2.76. The first-order chi connectivity index (χ1) is 10.2. The second kappa shape index (κ2) is 4.63. The van der Waals surface area contributed by atoms with Gasteiger partial charge in [-0.05, 0) is 30.4 Å². The van der Waals surface area contributed by atoms with E-state index in [4.69, 9.17) is 0 Å². The predicted molar refractivity (Wildman–Crippen MR) is 86.3 cm³/mol. The number of anilines is 1. The second-order valence-electron chi connectivity index (χ2n) is 7.09. The number of Topliss-reactive ketones (excluding diaryl/α,β-unsaturated/α-hetero) is 1. The van der Waals surface area contributed by atoms with Crippen LogP contribution >= 0.6 is 15.9 Å². The minimum absolute atomic E-state index is 0.0763. The number of alkyl halides is 1. The first-order valence-corrected chi connectivity index (χ1v) is 8.34. The summed E-state index contributed by atoms with van der Waals surface area (Å²) in [5.41, 5.74) is -1.69. The lowest BCUT2D eigenvalue weighted by Crippen LogP contribution is -2.48. The van der Waals surface area contributed by atoms with Crippen LogP contribution in [-0.2, 0) is 9.59 Å². The molecule has 0 aliphatic heterocycles. The Morgan fingerprint density at radius 3 is 2.45 bits per heavy atom. The summed E-state index contributed by atoms with van der Waals surface area (Å²) in [7, 11) is 0. The van der Waals surface area contributed by atoms with Gasteiger partial charge in [0.2, 0.25) is 5.91 Å². The van der Waals surface area contributed by atoms with Crippen LogP contribution in [0.15, 0.2) is 24.3 Å². The number of benzene rings is 1. The summed E-state index contributed by atoms with van der Waals surface area (Å²) in [6.07, 6.45) is 1.31. The van der Waals surface area contributed by atoms with Gasteiger partial charge in [0.15, 0.2) is 5.78 Å². The first-order valence-electron chi connectivity index (χ1n) is 7.43. The molecular weight excluding hydrogens is 349 g/mol. The van der Waals surface area contributed by atoms with E-state index in [9.17, 15) is 14.0 Å². The monoisotopic (exact) mass is 367 g/mol. The average molecular weight is 368 g/mol. The minimum atomic E-state index is -0.846. The molecule has 1 amide bonds. The number of fused-ring (bicyclic) bond motifs is 2. The molecule has 1 N–H and O–H groups in total. The van der Waals surface area contributed by atoms with E-state index in [0.29, 0.717) is 12.8 Å². The van der Waals surface area contributed by atoms with Crippen molar-refractivity contribution in [2.24, 2.45) is 16.2 Å². The summed E-state index contributed by atoms with van der Waals surface area (Å²) in [4.78, 5) is 25.1. The van der Waals surface area contributed by atoms with E-state index < -0.39 is 26.9 Å². The fourth-order valence-electron chi connectivity index (χ4n) is 4.25. The van der Waals surface area contributed by atoms with Gasteiger partial charge in [0.05, 0.1) is 15.9 Å². The number of halogens is 2. The predicted octanol–water partition coefficient (Wildman–Crippen LogP) is 3.92. The Hall–Kier alpha value is -1.23. The summed E-state index contributed by atoms with van der Waals surface area (Å²) in [6.45, 7) is 5.88. The van der Waals surface area contributed by atoms with Crippen LogP contribution in [-0.4, -0.2) is 16.5 Å². The Balaban J connectivity index is 2.02. The zero-order valence-electron chi connectivity index (χ0n) is 12.9. The molecule has 2 aliphatic carbocycles. The SMILES string of the molecule is CC1(C)[C@@]2(C)CC[C@@]1(C(=O)Nc1ccccc1F)[C@H](Br)C2=O. The van der Waals surface area contributed by atoms with Gasteiger partial charge in [-0.1, -0.05) is 48.8 Å². The summed E-state index contributed by atoms with van der Waals surface area (Å²) in [6, 6.07) is 6.09. The molecule has 22 heavy (non-hydrogen) atoms. The van der Waals surface area contributed by atoms with E-state index in [1.807, 2.05) is 20.8 Å². The standard InChI is InChI=1S/C17H19BrFNO2/c1-15(2)16(3)8-9-17(15,12(18)13(16)21)14(22)20-11-7-5-4-6-10(11)19/h4-7,12H,8-9H2,1-3H3,(H,20,22)/t12-,16+,17+/m1/s1. The van der Waals surface area contributed by atoms with Crippen molar-refractivity contribution in [2.75, 3.05) is 5.32 Å². The molecule has 2 saturated carbocycles. The molecule has 0 aromatic heterocycles. The fraction of sp³-hybridized carbons (Fsp3) is 0.529. The van der Waals surface area contributed by atoms with E-state index in [-0.39, 0.29) is 17.4 Å². The Morgan fingerprint density at radius 1 is 1.27 bits per heavy atom.